The van der Waals surface area contributed by atoms with Gasteiger partial charge in [-0.05, 0) is 17.7 Å². The predicted molar refractivity (Wildman–Crippen MR) is 52.1 cm³/mol. The Bertz CT molecular complexity index is 360. The second-order valence-corrected chi connectivity index (χ2v) is 2.93. The summed E-state index contributed by atoms with van der Waals surface area (Å²) >= 11 is 5.58. The Morgan fingerprint density at radius 3 is 2.79 bits per heavy atom. The monoisotopic (exact) mass is 211 g/mol. The molecule has 0 aliphatic carbocycles. The lowest BCUT2D eigenvalue weighted by Gasteiger charge is -2.04. The van der Waals surface area contributed by atoms with Crippen molar-refractivity contribution in [1.82, 2.24) is 0 Å². The first-order valence-corrected chi connectivity index (χ1v) is 4.46. The van der Waals surface area contributed by atoms with E-state index in [1.54, 1.807) is 12.4 Å². The normalized spacial score (nSPS) is 9.57. The van der Waals surface area contributed by atoms with Crippen LogP contribution in [0, 0.1) is 0 Å². The quantitative estimate of drug-likeness (QED) is 0.435. The van der Waals surface area contributed by atoms with Crippen LogP contribution < -0.4 is 4.74 Å². The van der Waals surface area contributed by atoms with Crippen LogP contribution in [-0.2, 0) is 15.5 Å². The maximum Gasteiger partial charge on any atom is 0.308 e. The molecule has 4 heteroatoms. The van der Waals surface area contributed by atoms with Crippen LogP contribution >= 0.6 is 11.6 Å². The molecule has 0 unspecified atom stereocenters. The van der Waals surface area contributed by atoms with E-state index in [1.165, 1.54) is 19.1 Å². The van der Waals surface area contributed by atoms with Gasteiger partial charge in [-0.3, -0.25) is 9.59 Å². The van der Waals surface area contributed by atoms with Gasteiger partial charge in [0.15, 0.2) is 0 Å². The van der Waals surface area contributed by atoms with Crippen LogP contribution in [0.15, 0.2) is 18.2 Å². The minimum absolute atomic E-state index is 0.207. The fraction of sp³-hybridized carbons (Fsp3) is 0.200. The van der Waals surface area contributed by atoms with Crippen molar-refractivity contribution in [1.29, 1.82) is 0 Å². The molecule has 73 valence electrons. The van der Waals surface area contributed by atoms with E-state index in [0.717, 1.165) is 5.56 Å². The summed E-state index contributed by atoms with van der Waals surface area (Å²) in [6.07, 6.45) is 1.69. The summed E-state index contributed by atoms with van der Waals surface area (Å²) in [5.41, 5.74) is 0.985. The van der Waals surface area contributed by atoms with Crippen molar-refractivity contribution in [2.75, 3.05) is 0 Å². The Hall–Kier alpha value is -1.35. The Balaban J connectivity index is 3.04. The summed E-state index contributed by atoms with van der Waals surface area (Å²) in [7, 11) is 0. The molecule has 0 spiro atoms. The number of hydrogen-bond donors (Lipinski definition) is 0. The fourth-order valence-corrected chi connectivity index (χ4v) is 1.15. The molecule has 14 heavy (non-hydrogen) atoms. The molecular formula is C10H8ClO3. The fourth-order valence-electron chi connectivity index (χ4n) is 0.984. The first-order chi connectivity index (χ1) is 6.67. The van der Waals surface area contributed by atoms with E-state index in [1.807, 2.05) is 0 Å². The molecule has 1 aromatic rings. The number of carbonyl (C=O) groups is 1. The number of hydrogen-bond acceptors (Lipinski definition) is 3. The van der Waals surface area contributed by atoms with Gasteiger partial charge in [-0.2, -0.15) is 0 Å². The van der Waals surface area contributed by atoms with Gasteiger partial charge < -0.3 is 4.74 Å². The standard InChI is InChI=1S/C10H8ClO3/c1-7(13)14-10-3-2-8(5-11)4-9(10)6-12/h2-4H,5H2,1H3. The van der Waals surface area contributed by atoms with Crippen LogP contribution in [0.2, 0.25) is 0 Å². The molecule has 0 bridgehead atoms. The Kier molecular flexibility index (Phi) is 3.65. The average Bonchev–Trinajstić information content (AvgIpc) is 2.17. The first-order valence-electron chi connectivity index (χ1n) is 3.93. The Labute approximate surface area is 86.6 Å². The zero-order valence-electron chi connectivity index (χ0n) is 7.54. The zero-order chi connectivity index (χ0) is 10.6. The maximum atomic E-state index is 10.7. The van der Waals surface area contributed by atoms with Crippen molar-refractivity contribution in [3.63, 3.8) is 0 Å². The molecule has 0 heterocycles. The second kappa shape index (κ2) is 4.77. The summed E-state index contributed by atoms with van der Waals surface area (Å²) in [4.78, 5) is 21.2. The molecule has 1 rings (SSSR count). The van der Waals surface area contributed by atoms with E-state index in [4.69, 9.17) is 16.3 Å². The summed E-state index contributed by atoms with van der Waals surface area (Å²) in [6.45, 7) is 1.27. The molecule has 0 atom stereocenters. The summed E-state index contributed by atoms with van der Waals surface area (Å²) in [5.74, 6) is 0.0381. The van der Waals surface area contributed by atoms with E-state index in [9.17, 15) is 9.59 Å². The second-order valence-electron chi connectivity index (χ2n) is 2.66. The van der Waals surface area contributed by atoms with E-state index in [0.29, 0.717) is 5.88 Å². The molecule has 0 saturated carbocycles. The first kappa shape index (κ1) is 10.7. The highest BCUT2D eigenvalue weighted by molar-refractivity contribution is 6.17. The van der Waals surface area contributed by atoms with Gasteiger partial charge in [0.2, 0.25) is 6.29 Å². The van der Waals surface area contributed by atoms with Crippen molar-refractivity contribution in [3.8, 4) is 5.75 Å². The molecule has 0 fully saturated rings. The number of ether oxygens (including phenoxy) is 1. The van der Waals surface area contributed by atoms with Crippen molar-refractivity contribution in [2.45, 2.75) is 12.8 Å². The van der Waals surface area contributed by atoms with Crippen molar-refractivity contribution in [2.24, 2.45) is 0 Å². The molecule has 1 radical (unpaired) electrons. The lowest BCUT2D eigenvalue weighted by molar-refractivity contribution is -0.131. The lowest BCUT2D eigenvalue weighted by atomic mass is 10.1. The number of benzene rings is 1. The highest BCUT2D eigenvalue weighted by atomic mass is 35.5. The third-order valence-corrected chi connectivity index (χ3v) is 1.87. The van der Waals surface area contributed by atoms with E-state index >= 15 is 0 Å². The molecule has 0 amide bonds. The van der Waals surface area contributed by atoms with Crippen LogP contribution in [0.25, 0.3) is 0 Å². The third-order valence-electron chi connectivity index (χ3n) is 1.56. The smallest absolute Gasteiger partial charge is 0.308 e. The summed E-state index contributed by atoms with van der Waals surface area (Å²) in [6, 6.07) is 4.75. The number of halogens is 1. The van der Waals surface area contributed by atoms with Gasteiger partial charge in [0.1, 0.15) is 5.75 Å². The molecule has 3 nitrogen and oxygen atoms in total. The molecule has 0 aliphatic heterocycles. The molecule has 0 aromatic heterocycles. The largest absolute Gasteiger partial charge is 0.426 e. The van der Waals surface area contributed by atoms with Gasteiger partial charge in [-0.15, -0.1) is 11.6 Å². The van der Waals surface area contributed by atoms with Crippen molar-refractivity contribution in [3.05, 3.63) is 29.3 Å². The minimum Gasteiger partial charge on any atom is -0.426 e. The van der Waals surface area contributed by atoms with E-state index in [2.05, 4.69) is 0 Å². The SMILES string of the molecule is CC(=O)Oc1ccc(CCl)cc1[C]=O. The molecule has 0 aliphatic rings. The van der Waals surface area contributed by atoms with Crippen LogP contribution in [0.1, 0.15) is 18.1 Å². The van der Waals surface area contributed by atoms with Crippen LogP contribution in [0.5, 0.6) is 5.75 Å². The number of rotatable bonds is 3. The highest BCUT2D eigenvalue weighted by Gasteiger charge is 2.06. The number of carbonyl (C=O) groups excluding carboxylic acids is 2. The molecule has 1 aromatic carbocycles. The Morgan fingerprint density at radius 1 is 1.57 bits per heavy atom. The maximum absolute atomic E-state index is 10.7. The van der Waals surface area contributed by atoms with Gasteiger partial charge >= 0.3 is 5.97 Å². The van der Waals surface area contributed by atoms with Crippen LogP contribution in [0.3, 0.4) is 0 Å². The van der Waals surface area contributed by atoms with E-state index < -0.39 is 5.97 Å². The number of alkyl halides is 1. The topological polar surface area (TPSA) is 43.4 Å². The van der Waals surface area contributed by atoms with E-state index in [-0.39, 0.29) is 11.3 Å². The Morgan fingerprint density at radius 2 is 2.29 bits per heavy atom. The summed E-state index contributed by atoms with van der Waals surface area (Å²) < 4.78 is 4.79. The minimum atomic E-state index is -0.472. The summed E-state index contributed by atoms with van der Waals surface area (Å²) in [5, 5.41) is 0. The average molecular weight is 212 g/mol. The predicted octanol–water partition coefficient (Wildman–Crippen LogP) is 1.81. The van der Waals surface area contributed by atoms with Gasteiger partial charge in [0.05, 0.1) is 5.56 Å². The lowest BCUT2D eigenvalue weighted by Crippen LogP contribution is -2.04. The van der Waals surface area contributed by atoms with Crippen LogP contribution in [-0.4, -0.2) is 12.3 Å². The molecule has 0 N–H and O–H groups in total. The van der Waals surface area contributed by atoms with Crippen molar-refractivity contribution < 1.29 is 14.3 Å². The van der Waals surface area contributed by atoms with Gasteiger partial charge in [-0.1, -0.05) is 6.07 Å². The van der Waals surface area contributed by atoms with Gasteiger partial charge in [-0.25, -0.2) is 0 Å². The zero-order valence-corrected chi connectivity index (χ0v) is 8.30. The third kappa shape index (κ3) is 2.57. The van der Waals surface area contributed by atoms with Gasteiger partial charge in [0.25, 0.3) is 0 Å². The molecule has 0 saturated heterocycles. The highest BCUT2D eigenvalue weighted by Crippen LogP contribution is 2.19. The van der Waals surface area contributed by atoms with Crippen molar-refractivity contribution >= 4 is 23.9 Å². The van der Waals surface area contributed by atoms with Gasteiger partial charge in [0, 0.05) is 12.8 Å². The molecular weight excluding hydrogens is 204 g/mol. The number of esters is 1. The van der Waals surface area contributed by atoms with Crippen LogP contribution in [0.4, 0.5) is 0 Å².